The monoisotopic (exact) mass is 441 g/mol. The average molecular weight is 442 g/mol. The van der Waals surface area contributed by atoms with Crippen LogP contribution in [0.5, 0.6) is 0 Å². The molecule has 4 unspecified atom stereocenters. The topological polar surface area (TPSA) is 46.6 Å². The number of sulfonamides is 1. The summed E-state index contributed by atoms with van der Waals surface area (Å²) < 4.78 is 33.2. The Kier molecular flexibility index (Phi) is 4.07. The van der Waals surface area contributed by atoms with Crippen LogP contribution in [-0.2, 0) is 26.0 Å². The van der Waals surface area contributed by atoms with Gasteiger partial charge in [0.15, 0.2) is 0 Å². The first-order valence-corrected chi connectivity index (χ1v) is 12.6. The lowest BCUT2D eigenvalue weighted by Gasteiger charge is -2.38. The molecule has 3 aromatic rings. The maximum atomic E-state index is 12.3. The highest BCUT2D eigenvalue weighted by Gasteiger charge is 2.69. The molecule has 0 radical (unpaired) electrons. The van der Waals surface area contributed by atoms with E-state index in [-0.39, 0.29) is 11.8 Å². The van der Waals surface area contributed by atoms with E-state index in [1.54, 1.807) is 12.4 Å². The zero-order valence-corrected chi connectivity index (χ0v) is 18.4. The molecular weight excluding hydrogens is 418 g/mol. The molecule has 3 aliphatic rings. The molecule has 0 N–H and O–H groups in total. The summed E-state index contributed by atoms with van der Waals surface area (Å²) in [4.78, 5) is 0. The van der Waals surface area contributed by atoms with Gasteiger partial charge in [0.25, 0.3) is 0 Å². The Hall–Kier alpha value is -3.15. The quantitative estimate of drug-likeness (QED) is 0.589. The molecule has 1 saturated heterocycles. The number of hydrogen-bond acceptors (Lipinski definition) is 3. The van der Waals surface area contributed by atoms with Crippen molar-refractivity contribution in [2.24, 2.45) is 11.8 Å². The number of fused-ring (bicyclic) bond motifs is 8. The summed E-state index contributed by atoms with van der Waals surface area (Å²) in [5.74, 6) is -0.161. The van der Waals surface area contributed by atoms with Crippen molar-refractivity contribution >= 4 is 10.0 Å². The molecule has 0 aromatic heterocycles. The second-order valence-corrected chi connectivity index (χ2v) is 10.6. The lowest BCUT2D eigenvalue weighted by molar-refractivity contribution is -0.0519. The molecule has 4 nitrogen and oxygen atoms in total. The van der Waals surface area contributed by atoms with Gasteiger partial charge >= 0.3 is 0 Å². The van der Waals surface area contributed by atoms with Crippen LogP contribution in [0.25, 0.3) is 0 Å². The molecule has 0 aliphatic carbocycles. The number of benzene rings is 3. The van der Waals surface area contributed by atoms with Crippen molar-refractivity contribution in [2.45, 2.75) is 11.2 Å². The van der Waals surface area contributed by atoms with Crippen molar-refractivity contribution in [3.8, 4) is 0 Å². The molecule has 0 spiro atoms. The van der Waals surface area contributed by atoms with Crippen molar-refractivity contribution in [3.05, 3.63) is 132 Å². The Bertz CT molecular complexity index is 1260. The second-order valence-electron chi connectivity index (χ2n) is 8.68. The molecule has 0 amide bonds. The summed E-state index contributed by atoms with van der Waals surface area (Å²) in [6, 6.07) is 29.0. The maximum Gasteiger partial charge on any atom is 0.235 e. The van der Waals surface area contributed by atoms with Gasteiger partial charge in [0.1, 0.15) is 11.2 Å². The Labute approximate surface area is 188 Å². The van der Waals surface area contributed by atoms with Crippen LogP contribution in [0.3, 0.4) is 0 Å². The number of ether oxygens (including phenoxy) is 1. The lowest BCUT2D eigenvalue weighted by Crippen LogP contribution is -2.38. The van der Waals surface area contributed by atoms with Gasteiger partial charge in [-0.2, -0.15) is 0 Å². The van der Waals surface area contributed by atoms with E-state index >= 15 is 0 Å². The largest absolute Gasteiger partial charge is 0.348 e. The number of hydrogen-bond donors (Lipinski definition) is 0. The Morgan fingerprint density at radius 1 is 0.688 bits per heavy atom. The molecule has 0 saturated carbocycles. The van der Waals surface area contributed by atoms with Crippen LogP contribution in [0.1, 0.15) is 22.3 Å². The molecule has 32 heavy (non-hydrogen) atoms. The third kappa shape index (κ3) is 2.43. The summed E-state index contributed by atoms with van der Waals surface area (Å²) in [7, 11) is -3.41. The zero-order chi connectivity index (χ0) is 22.0. The van der Waals surface area contributed by atoms with E-state index in [4.69, 9.17) is 4.74 Å². The molecule has 6 rings (SSSR count). The molecular formula is C27H23NO3S. The highest BCUT2D eigenvalue weighted by molar-refractivity contribution is 7.88. The Morgan fingerprint density at radius 2 is 1.09 bits per heavy atom. The molecule has 1 fully saturated rings. The molecule has 5 heteroatoms. The van der Waals surface area contributed by atoms with Gasteiger partial charge in [-0.15, -0.1) is 0 Å². The molecule has 3 aromatic carbocycles. The van der Waals surface area contributed by atoms with Crippen molar-refractivity contribution in [1.82, 2.24) is 4.31 Å². The highest BCUT2D eigenvalue weighted by atomic mass is 32.2. The molecule has 4 atom stereocenters. The molecule has 160 valence electrons. The Balaban J connectivity index is 1.69. The average Bonchev–Trinajstić information content (AvgIpc) is 3.16. The summed E-state index contributed by atoms with van der Waals surface area (Å²) in [5, 5.41) is 0. The van der Waals surface area contributed by atoms with E-state index in [9.17, 15) is 8.42 Å². The van der Waals surface area contributed by atoms with Crippen LogP contribution in [0.2, 0.25) is 0 Å². The molecule has 3 heterocycles. The lowest BCUT2D eigenvalue weighted by atomic mass is 9.60. The van der Waals surface area contributed by atoms with E-state index in [1.807, 2.05) is 48.6 Å². The second kappa shape index (κ2) is 6.67. The van der Waals surface area contributed by atoms with E-state index in [0.29, 0.717) is 0 Å². The minimum atomic E-state index is -3.41. The van der Waals surface area contributed by atoms with Gasteiger partial charge < -0.3 is 4.74 Å². The number of nitrogens with zero attached hydrogens (tertiary/aromatic N) is 1. The fraction of sp³-hybridized carbons (Fsp3) is 0.185. The summed E-state index contributed by atoms with van der Waals surface area (Å²) in [6.45, 7) is 0. The van der Waals surface area contributed by atoms with Crippen LogP contribution in [0.15, 0.2) is 109 Å². The first-order valence-electron chi connectivity index (χ1n) is 10.7. The van der Waals surface area contributed by atoms with Crippen LogP contribution in [0, 0.1) is 11.8 Å². The first-order chi connectivity index (χ1) is 15.5. The van der Waals surface area contributed by atoms with Crippen molar-refractivity contribution in [3.63, 3.8) is 0 Å². The van der Waals surface area contributed by atoms with E-state index in [1.165, 1.54) is 10.6 Å². The highest BCUT2D eigenvalue weighted by Crippen LogP contribution is 2.69. The molecule has 3 aliphatic heterocycles. The van der Waals surface area contributed by atoms with Crippen molar-refractivity contribution in [1.29, 1.82) is 0 Å². The van der Waals surface area contributed by atoms with E-state index in [2.05, 4.69) is 48.5 Å². The van der Waals surface area contributed by atoms with Gasteiger partial charge in [-0.25, -0.2) is 8.42 Å². The third-order valence-corrected chi connectivity index (χ3v) is 8.05. The fourth-order valence-corrected chi connectivity index (χ4v) is 6.40. The van der Waals surface area contributed by atoms with Crippen LogP contribution >= 0.6 is 0 Å². The summed E-state index contributed by atoms with van der Waals surface area (Å²) >= 11 is 0. The van der Waals surface area contributed by atoms with Gasteiger partial charge in [-0.3, -0.25) is 4.31 Å². The van der Waals surface area contributed by atoms with Gasteiger partial charge in [-0.05, 0) is 22.3 Å². The predicted molar refractivity (Wildman–Crippen MR) is 124 cm³/mol. The van der Waals surface area contributed by atoms with E-state index < -0.39 is 21.2 Å². The standard InChI is InChI=1S/C27H23NO3S/c1-32(29,30)28-18-16-24-25(17-19-28)27(21-12-6-3-7-13-21)23-15-9-8-14-22(23)26(24,31-27)20-10-4-2-5-11-20/h2-19,24-25H,1H3. The van der Waals surface area contributed by atoms with Crippen LogP contribution in [0.4, 0.5) is 0 Å². The Morgan fingerprint density at radius 3 is 1.50 bits per heavy atom. The van der Waals surface area contributed by atoms with Gasteiger partial charge in [0.05, 0.1) is 6.26 Å². The van der Waals surface area contributed by atoms with E-state index in [0.717, 1.165) is 22.3 Å². The molecule has 2 bridgehead atoms. The first kappa shape index (κ1) is 19.5. The predicted octanol–water partition coefficient (Wildman–Crippen LogP) is 4.75. The maximum absolute atomic E-state index is 12.3. The van der Waals surface area contributed by atoms with Crippen molar-refractivity contribution in [2.75, 3.05) is 6.26 Å². The van der Waals surface area contributed by atoms with Crippen molar-refractivity contribution < 1.29 is 13.2 Å². The minimum Gasteiger partial charge on any atom is -0.348 e. The summed E-state index contributed by atoms with van der Waals surface area (Å²) in [5.41, 5.74) is 3.00. The number of rotatable bonds is 3. The van der Waals surface area contributed by atoms with Crippen LogP contribution in [-0.4, -0.2) is 19.0 Å². The fourth-order valence-electron chi connectivity index (χ4n) is 5.82. The smallest absolute Gasteiger partial charge is 0.235 e. The normalized spacial score (nSPS) is 30.1. The minimum absolute atomic E-state index is 0.0805. The van der Waals surface area contributed by atoms with Gasteiger partial charge in [0.2, 0.25) is 10.0 Å². The van der Waals surface area contributed by atoms with Crippen LogP contribution < -0.4 is 0 Å². The SMILES string of the molecule is CS(=O)(=O)N1C=CC2C(C=C1)C1(c3ccccc3)OC2(c2ccccc2)c2ccccc21. The van der Waals surface area contributed by atoms with Gasteiger partial charge in [0, 0.05) is 24.2 Å². The third-order valence-electron chi connectivity index (χ3n) is 7.04. The van der Waals surface area contributed by atoms with Gasteiger partial charge in [-0.1, -0.05) is 97.1 Å². The summed E-state index contributed by atoms with van der Waals surface area (Å²) in [6.07, 6.45) is 8.60. The zero-order valence-electron chi connectivity index (χ0n) is 17.6.